The monoisotopic (exact) mass is 412 g/mol. The maximum absolute atomic E-state index is 12.8. The number of esters is 1. The van der Waals surface area contributed by atoms with E-state index in [1.165, 1.54) is 4.90 Å². The van der Waals surface area contributed by atoms with Crippen LogP contribution in [-0.2, 0) is 19.1 Å². The lowest BCUT2D eigenvalue weighted by atomic mass is 9.81. The molecule has 8 heteroatoms. The average molecular weight is 413 g/mol. The molecule has 29 heavy (non-hydrogen) atoms. The fourth-order valence-corrected chi connectivity index (χ4v) is 4.84. The molecule has 2 rings (SSSR count). The molecule has 4 atom stereocenters. The third kappa shape index (κ3) is 5.48. The highest BCUT2D eigenvalue weighted by molar-refractivity contribution is 5.99. The second-order valence-electron chi connectivity index (χ2n) is 9.17. The van der Waals surface area contributed by atoms with E-state index in [0.29, 0.717) is 45.3 Å². The lowest BCUT2D eigenvalue weighted by Crippen LogP contribution is -2.60. The molecule has 2 aliphatic rings. The van der Waals surface area contributed by atoms with Crippen molar-refractivity contribution in [3.63, 3.8) is 0 Å². The summed E-state index contributed by atoms with van der Waals surface area (Å²) in [7, 11) is 1.61. The number of methoxy groups -OCH3 is 1. The number of ketones is 1. The first kappa shape index (κ1) is 23.6. The molecule has 0 aromatic rings. The summed E-state index contributed by atoms with van der Waals surface area (Å²) in [5.74, 6) is -1.99. The molecular formula is C21H36N2O6. The van der Waals surface area contributed by atoms with Gasteiger partial charge in [0.2, 0.25) is 0 Å². The highest BCUT2D eigenvalue weighted by Crippen LogP contribution is 2.34. The van der Waals surface area contributed by atoms with E-state index in [4.69, 9.17) is 9.47 Å². The van der Waals surface area contributed by atoms with Gasteiger partial charge in [0, 0.05) is 19.6 Å². The van der Waals surface area contributed by atoms with Crippen molar-refractivity contribution in [2.45, 2.75) is 64.5 Å². The van der Waals surface area contributed by atoms with Gasteiger partial charge in [-0.1, -0.05) is 13.8 Å². The highest BCUT2D eigenvalue weighted by atomic mass is 16.5. The Morgan fingerprint density at radius 3 is 2.38 bits per heavy atom. The zero-order chi connectivity index (χ0) is 21.8. The van der Waals surface area contributed by atoms with Crippen LogP contribution < -0.4 is 5.32 Å². The number of nitrogens with one attached hydrogen (secondary N) is 1. The molecule has 1 spiro atoms. The van der Waals surface area contributed by atoms with Gasteiger partial charge in [-0.2, -0.15) is 0 Å². The fraction of sp³-hybridized carbons (Fsp3) is 0.857. The Balaban J connectivity index is 2.42. The van der Waals surface area contributed by atoms with Gasteiger partial charge in [-0.05, 0) is 58.5 Å². The average Bonchev–Trinajstić information content (AvgIpc) is 2.69. The number of cyclic esters (lactones) is 1. The third-order valence-electron chi connectivity index (χ3n) is 6.59. The number of hydrogen-bond acceptors (Lipinski definition) is 6. The lowest BCUT2D eigenvalue weighted by molar-refractivity contribution is -0.156. The molecule has 2 fully saturated rings. The van der Waals surface area contributed by atoms with Crippen LogP contribution in [0.2, 0.25) is 0 Å². The minimum Gasteiger partial charge on any atom is -0.465 e. The Kier molecular flexibility index (Phi) is 7.67. The molecule has 2 aliphatic heterocycles. The third-order valence-corrected chi connectivity index (χ3v) is 6.59. The van der Waals surface area contributed by atoms with Crippen LogP contribution in [0.15, 0.2) is 0 Å². The van der Waals surface area contributed by atoms with E-state index in [1.807, 2.05) is 20.8 Å². The molecule has 4 unspecified atom stereocenters. The minimum atomic E-state index is -1.01. The van der Waals surface area contributed by atoms with Crippen molar-refractivity contribution in [2.24, 2.45) is 17.8 Å². The summed E-state index contributed by atoms with van der Waals surface area (Å²) in [6.07, 6.45) is 1.18. The number of hydrogen-bond donors (Lipinski definition) is 2. The molecule has 0 aliphatic carbocycles. The normalized spacial score (nSPS) is 34.7. The van der Waals surface area contributed by atoms with E-state index < -0.39 is 29.1 Å². The summed E-state index contributed by atoms with van der Waals surface area (Å²) >= 11 is 0. The first-order valence-corrected chi connectivity index (χ1v) is 10.5. The quantitative estimate of drug-likeness (QED) is 0.503. The molecule has 0 aromatic heterocycles. The molecule has 2 saturated heterocycles. The first-order valence-electron chi connectivity index (χ1n) is 10.5. The number of nitrogens with zero attached hydrogens (tertiary/aromatic N) is 1. The van der Waals surface area contributed by atoms with Gasteiger partial charge in [0.05, 0.1) is 11.1 Å². The summed E-state index contributed by atoms with van der Waals surface area (Å²) < 4.78 is 11.3. The maximum Gasteiger partial charge on any atom is 0.407 e. The van der Waals surface area contributed by atoms with Gasteiger partial charge in [-0.25, -0.2) is 4.79 Å². The van der Waals surface area contributed by atoms with E-state index in [9.17, 15) is 19.5 Å². The number of amides is 1. The number of ether oxygens (including phenoxy) is 2. The van der Waals surface area contributed by atoms with Crippen molar-refractivity contribution in [3.8, 4) is 0 Å². The number of carbonyl (C=O) groups is 3. The van der Waals surface area contributed by atoms with Crippen LogP contribution in [0.5, 0.6) is 0 Å². The number of piperidine rings is 1. The van der Waals surface area contributed by atoms with Crippen molar-refractivity contribution in [2.75, 3.05) is 33.4 Å². The summed E-state index contributed by atoms with van der Waals surface area (Å²) in [4.78, 5) is 39.1. The van der Waals surface area contributed by atoms with Crippen molar-refractivity contribution in [1.82, 2.24) is 10.2 Å². The van der Waals surface area contributed by atoms with Crippen LogP contribution in [0.4, 0.5) is 4.79 Å². The van der Waals surface area contributed by atoms with E-state index in [-0.39, 0.29) is 24.2 Å². The predicted octanol–water partition coefficient (Wildman–Crippen LogP) is 2.31. The molecule has 166 valence electrons. The smallest absolute Gasteiger partial charge is 0.407 e. The van der Waals surface area contributed by atoms with Crippen LogP contribution in [-0.4, -0.2) is 72.3 Å². The second-order valence-corrected chi connectivity index (χ2v) is 9.17. The molecule has 8 nitrogen and oxygen atoms in total. The molecule has 2 N–H and O–H groups in total. The zero-order valence-electron chi connectivity index (χ0n) is 18.3. The number of rotatable bonds is 1. The second kappa shape index (κ2) is 9.43. The topological polar surface area (TPSA) is 105 Å². The summed E-state index contributed by atoms with van der Waals surface area (Å²) in [5.41, 5.74) is -1.37. The standard InChI is InChI=1S/C21H36N2O6/c1-14-10-20(4,28-5)11-15(2)17(24)16(3)18(25)29-13-21(6-8-22-9-7-21)23(12-14)19(26)27/h14-16,22H,6-13H2,1-5H3,(H,26,27). The van der Waals surface area contributed by atoms with Gasteiger partial charge < -0.3 is 19.9 Å². The highest BCUT2D eigenvalue weighted by Gasteiger charge is 2.44. The van der Waals surface area contributed by atoms with Crippen molar-refractivity contribution < 1.29 is 29.0 Å². The number of carbonyl (C=O) groups excluding carboxylic acids is 2. The van der Waals surface area contributed by atoms with Gasteiger partial charge in [0.25, 0.3) is 0 Å². The van der Waals surface area contributed by atoms with Crippen LogP contribution in [0.3, 0.4) is 0 Å². The molecule has 0 saturated carbocycles. The van der Waals surface area contributed by atoms with Gasteiger partial charge in [-0.15, -0.1) is 0 Å². The Morgan fingerprint density at radius 1 is 1.21 bits per heavy atom. The van der Waals surface area contributed by atoms with E-state index >= 15 is 0 Å². The van der Waals surface area contributed by atoms with Crippen molar-refractivity contribution in [1.29, 1.82) is 0 Å². The van der Waals surface area contributed by atoms with Crippen LogP contribution >= 0.6 is 0 Å². The molecule has 2 heterocycles. The van der Waals surface area contributed by atoms with E-state index in [0.717, 1.165) is 0 Å². The molecular weight excluding hydrogens is 376 g/mol. The molecule has 0 radical (unpaired) electrons. The van der Waals surface area contributed by atoms with Crippen LogP contribution in [0.25, 0.3) is 0 Å². The van der Waals surface area contributed by atoms with Gasteiger partial charge in [0.1, 0.15) is 18.3 Å². The Morgan fingerprint density at radius 2 is 1.83 bits per heavy atom. The largest absolute Gasteiger partial charge is 0.465 e. The summed E-state index contributed by atoms with van der Waals surface area (Å²) in [6.45, 7) is 8.92. The Hall–Kier alpha value is -1.67. The number of carboxylic acid groups (broad SMARTS) is 1. The maximum atomic E-state index is 12.8. The van der Waals surface area contributed by atoms with Crippen molar-refractivity contribution in [3.05, 3.63) is 0 Å². The summed E-state index contributed by atoms with van der Waals surface area (Å²) in [6, 6.07) is 0. The zero-order valence-corrected chi connectivity index (χ0v) is 18.3. The summed E-state index contributed by atoms with van der Waals surface area (Å²) in [5, 5.41) is 13.2. The van der Waals surface area contributed by atoms with Gasteiger partial charge in [0.15, 0.2) is 0 Å². The van der Waals surface area contributed by atoms with E-state index in [1.54, 1.807) is 14.0 Å². The van der Waals surface area contributed by atoms with Crippen LogP contribution in [0.1, 0.15) is 53.4 Å². The van der Waals surface area contributed by atoms with Crippen LogP contribution in [0, 0.1) is 17.8 Å². The van der Waals surface area contributed by atoms with Crippen molar-refractivity contribution >= 4 is 17.8 Å². The molecule has 0 bridgehead atoms. The molecule has 0 aromatic carbocycles. The van der Waals surface area contributed by atoms with E-state index in [2.05, 4.69) is 5.32 Å². The van der Waals surface area contributed by atoms with Gasteiger partial charge in [-0.3, -0.25) is 14.5 Å². The predicted molar refractivity (Wildman–Crippen MR) is 108 cm³/mol. The Labute approximate surface area is 173 Å². The minimum absolute atomic E-state index is 0.0130. The fourth-order valence-electron chi connectivity index (χ4n) is 4.84. The van der Waals surface area contributed by atoms with Gasteiger partial charge >= 0.3 is 12.1 Å². The lowest BCUT2D eigenvalue weighted by Gasteiger charge is -2.46. The number of Topliss-reactive ketones (excluding diaryl/α,β-unsaturated/α-hetero) is 1. The molecule has 1 amide bonds. The SMILES string of the molecule is COC1(C)CC(C)CN(C(=O)O)C2(CCNCC2)COC(=O)C(C)C(=O)C(C)C1. The first-order chi connectivity index (χ1) is 13.5. The Bertz CT molecular complexity index is 618.